The van der Waals surface area contributed by atoms with E-state index < -0.39 is 68.5 Å². The molecule has 2 aliphatic heterocycles. The minimum absolute atomic E-state index is 0.0281. The summed E-state index contributed by atoms with van der Waals surface area (Å²) in [7, 11) is -0.759. The Kier molecular flexibility index (Phi) is 11.2. The summed E-state index contributed by atoms with van der Waals surface area (Å²) in [5.41, 5.74) is -0.125. The maximum Gasteiger partial charge on any atom is 0.274 e. The van der Waals surface area contributed by atoms with Crippen molar-refractivity contribution in [2.45, 2.75) is 114 Å². The summed E-state index contributed by atoms with van der Waals surface area (Å²) in [6, 6.07) is 3.15. The summed E-state index contributed by atoms with van der Waals surface area (Å²) in [5, 5.41) is 13.8. The number of amides is 4. The Morgan fingerprint density at radius 2 is 1.88 bits per heavy atom. The minimum Gasteiger partial charge on any atom is -0.496 e. The van der Waals surface area contributed by atoms with Gasteiger partial charge in [-0.2, -0.15) is 9.90 Å². The van der Waals surface area contributed by atoms with Crippen LogP contribution in [0.1, 0.15) is 87.7 Å². The average molecular weight is 807 g/mol. The molecular weight excluding hydrogens is 757 g/mol. The van der Waals surface area contributed by atoms with Gasteiger partial charge in [0.2, 0.25) is 27.7 Å². The van der Waals surface area contributed by atoms with E-state index in [0.29, 0.717) is 60.4 Å². The van der Waals surface area contributed by atoms with Crippen molar-refractivity contribution < 1.29 is 41.8 Å². The lowest BCUT2D eigenvalue weighted by atomic mass is 10.0. The van der Waals surface area contributed by atoms with Crippen LogP contribution in [0.5, 0.6) is 17.4 Å². The van der Waals surface area contributed by atoms with Crippen LogP contribution in [0.25, 0.3) is 10.9 Å². The van der Waals surface area contributed by atoms with Crippen LogP contribution < -0.4 is 29.6 Å². The van der Waals surface area contributed by atoms with Crippen LogP contribution in [0.15, 0.2) is 36.5 Å². The monoisotopic (exact) mass is 806 g/mol. The molecule has 2 aromatic heterocycles. The number of nitrogens with zero attached hydrogens (tertiary/aromatic N) is 5. The summed E-state index contributed by atoms with van der Waals surface area (Å²) in [5.74, 6) is -1.61. The molecule has 4 aliphatic rings. The molecule has 1 unspecified atom stereocenters. The van der Waals surface area contributed by atoms with Crippen molar-refractivity contribution in [2.24, 2.45) is 13.0 Å². The fraction of sp³-hybridized carbons (Fsp3) is 0.564. The van der Waals surface area contributed by atoms with Crippen LogP contribution in [0.4, 0.5) is 0 Å². The average Bonchev–Trinajstić information content (AvgIpc) is 4.05. The topological polar surface area (TPSA) is 213 Å². The molecule has 5 atom stereocenters. The van der Waals surface area contributed by atoms with Crippen molar-refractivity contribution in [2.75, 3.05) is 13.7 Å². The first-order valence-electron chi connectivity index (χ1n) is 19.5. The second-order valence-electron chi connectivity index (χ2n) is 15.7. The third kappa shape index (κ3) is 8.55. The Balaban J connectivity index is 1.23. The summed E-state index contributed by atoms with van der Waals surface area (Å²) in [6.07, 6.45) is 8.45. The fourth-order valence-corrected chi connectivity index (χ4v) is 9.05. The van der Waals surface area contributed by atoms with Crippen molar-refractivity contribution in [3.05, 3.63) is 47.8 Å². The van der Waals surface area contributed by atoms with Gasteiger partial charge in [0.05, 0.1) is 36.7 Å². The summed E-state index contributed by atoms with van der Waals surface area (Å²) >= 11 is 0. The van der Waals surface area contributed by atoms with Crippen LogP contribution in [-0.2, 0) is 31.5 Å². The highest BCUT2D eigenvalue weighted by Crippen LogP contribution is 2.46. The number of hydrogen-bond donors (Lipinski definition) is 3. The second kappa shape index (κ2) is 15.9. The van der Waals surface area contributed by atoms with Crippen molar-refractivity contribution in [1.82, 2.24) is 40.2 Å². The maximum atomic E-state index is 14.7. The Bertz CT molecular complexity index is 2200. The van der Waals surface area contributed by atoms with Crippen molar-refractivity contribution in [3.63, 3.8) is 0 Å². The lowest BCUT2D eigenvalue weighted by Crippen LogP contribution is -2.58. The number of nitrogens with one attached hydrogen (secondary N) is 3. The van der Waals surface area contributed by atoms with E-state index in [9.17, 15) is 27.6 Å². The number of allylic oxidation sites excluding steroid dienone is 1. The smallest absolute Gasteiger partial charge is 0.274 e. The SMILES string of the molecule is COc1ccc2c(O[C@@H]3C[C@H]4C(=O)N[C@]5(C(=O)NS(=O)(=O)C6CC6)CC5/C=C\CCCCC[C@H](NC(=O)c5cnn(C)n5)C(=O)N4C3)cc(OC(C)C)nc2c1C. The first-order valence-corrected chi connectivity index (χ1v) is 21.1. The van der Waals surface area contributed by atoms with Crippen LogP contribution in [-0.4, -0.2) is 106 Å². The zero-order chi connectivity index (χ0) is 40.6. The minimum atomic E-state index is -3.91. The zero-order valence-electron chi connectivity index (χ0n) is 32.8. The molecule has 7 rings (SSSR count). The molecule has 1 saturated heterocycles. The molecule has 306 valence electrons. The van der Waals surface area contributed by atoms with Crippen LogP contribution >= 0.6 is 0 Å². The second-order valence-corrected chi connectivity index (χ2v) is 17.6. The van der Waals surface area contributed by atoms with Gasteiger partial charge in [-0.3, -0.25) is 23.9 Å². The van der Waals surface area contributed by atoms with E-state index in [2.05, 4.69) is 25.6 Å². The van der Waals surface area contributed by atoms with Crippen LogP contribution in [0.3, 0.4) is 0 Å². The van der Waals surface area contributed by atoms with Gasteiger partial charge < -0.3 is 29.7 Å². The number of hydrogen-bond acceptors (Lipinski definition) is 12. The molecule has 4 amide bonds. The number of carbonyl (C=O) groups excluding carboxylic acids is 4. The van der Waals surface area contributed by atoms with Gasteiger partial charge >= 0.3 is 0 Å². The molecule has 3 fully saturated rings. The van der Waals surface area contributed by atoms with Crippen LogP contribution in [0, 0.1) is 12.8 Å². The molecule has 17 nitrogen and oxygen atoms in total. The first-order chi connectivity index (χ1) is 27.2. The zero-order valence-corrected chi connectivity index (χ0v) is 33.6. The molecule has 2 aliphatic carbocycles. The number of methoxy groups -OCH3 is 1. The van der Waals surface area contributed by atoms with E-state index in [1.807, 2.05) is 45.1 Å². The number of aromatic nitrogens is 4. The number of aryl methyl sites for hydroxylation is 2. The molecule has 0 spiro atoms. The van der Waals surface area contributed by atoms with E-state index in [0.717, 1.165) is 18.4 Å². The Hall–Kier alpha value is -5.26. The van der Waals surface area contributed by atoms with Crippen molar-refractivity contribution in [3.8, 4) is 17.4 Å². The molecular formula is C39H50N8O9S. The highest BCUT2D eigenvalue weighted by Gasteiger charge is 2.62. The highest BCUT2D eigenvalue weighted by molar-refractivity contribution is 7.91. The molecule has 3 aromatic rings. The Labute approximate surface area is 331 Å². The van der Waals surface area contributed by atoms with E-state index in [1.54, 1.807) is 20.2 Å². The standard InChI is InChI=1S/C39H50N8O9S/c1-22(2)55-33-18-32(27-15-16-31(54-5)23(3)34(27)42-33)56-25-17-30-36(49)43-39(38(51)45-57(52,53)26-13-14-26)19-24(39)11-9-7-6-8-10-12-28(37(50)47(30)21-25)41-35(48)29-20-40-46(4)44-29/h9,11,15-16,18,20,22,24-26,28,30H,6-8,10,12-14,17,19,21H2,1-5H3,(H,41,48)(H,43,49)(H,45,51)/b11-9-/t24?,25-,28+,30+,39-/m1/s1. The van der Waals surface area contributed by atoms with Crippen LogP contribution in [0.2, 0.25) is 0 Å². The number of sulfonamides is 1. The third-order valence-electron chi connectivity index (χ3n) is 11.0. The lowest BCUT2D eigenvalue weighted by molar-refractivity contribution is -0.141. The summed E-state index contributed by atoms with van der Waals surface area (Å²) < 4.78 is 46.2. The lowest BCUT2D eigenvalue weighted by Gasteiger charge is -2.29. The highest BCUT2D eigenvalue weighted by atomic mass is 32.2. The first kappa shape index (κ1) is 40.0. The van der Waals surface area contributed by atoms with Crippen molar-refractivity contribution in [1.29, 1.82) is 0 Å². The van der Waals surface area contributed by atoms with Gasteiger partial charge in [0.25, 0.3) is 11.8 Å². The number of ether oxygens (including phenoxy) is 3. The molecule has 4 heterocycles. The number of pyridine rings is 1. The number of rotatable bonds is 10. The third-order valence-corrected chi connectivity index (χ3v) is 12.8. The number of carbonyl (C=O) groups is 4. The predicted molar refractivity (Wildman–Crippen MR) is 207 cm³/mol. The van der Waals surface area contributed by atoms with Gasteiger partial charge in [0.1, 0.15) is 35.2 Å². The maximum absolute atomic E-state index is 14.7. The van der Waals surface area contributed by atoms with Gasteiger partial charge in [0.15, 0.2) is 5.69 Å². The molecule has 57 heavy (non-hydrogen) atoms. The predicted octanol–water partition coefficient (Wildman–Crippen LogP) is 2.62. The van der Waals surface area contributed by atoms with Gasteiger partial charge in [-0.25, -0.2) is 13.4 Å². The molecule has 3 N–H and O–H groups in total. The summed E-state index contributed by atoms with van der Waals surface area (Å²) in [4.78, 5) is 63.7. The quantitative estimate of drug-likeness (QED) is 0.253. The van der Waals surface area contributed by atoms with E-state index >= 15 is 0 Å². The molecule has 0 radical (unpaired) electrons. The van der Waals surface area contributed by atoms with Gasteiger partial charge in [-0.15, -0.1) is 5.10 Å². The number of fused-ring (bicyclic) bond motifs is 3. The fourth-order valence-electron chi connectivity index (χ4n) is 7.69. The van der Waals surface area contributed by atoms with E-state index in [1.165, 1.54) is 15.9 Å². The molecule has 1 aromatic carbocycles. The van der Waals surface area contributed by atoms with Gasteiger partial charge in [-0.05, 0) is 71.4 Å². The normalized spacial score (nSPS) is 26.0. The Morgan fingerprint density at radius 1 is 1.09 bits per heavy atom. The Morgan fingerprint density at radius 3 is 2.58 bits per heavy atom. The molecule has 18 heteroatoms. The van der Waals surface area contributed by atoms with E-state index in [-0.39, 0.29) is 31.2 Å². The van der Waals surface area contributed by atoms with E-state index in [4.69, 9.17) is 19.2 Å². The molecule has 0 bridgehead atoms. The summed E-state index contributed by atoms with van der Waals surface area (Å²) in [6.45, 7) is 5.60. The van der Waals surface area contributed by atoms with Gasteiger partial charge in [0, 0.05) is 36.4 Å². The van der Waals surface area contributed by atoms with Crippen molar-refractivity contribution >= 4 is 44.6 Å². The van der Waals surface area contributed by atoms with Gasteiger partial charge in [-0.1, -0.05) is 25.0 Å². The largest absolute Gasteiger partial charge is 0.496 e. The number of benzene rings is 1. The molecule has 2 saturated carbocycles.